The molecule has 0 radical (unpaired) electrons. The maximum atomic E-state index is 12.4. The van der Waals surface area contributed by atoms with Crippen molar-refractivity contribution in [3.63, 3.8) is 0 Å². The van der Waals surface area contributed by atoms with Crippen molar-refractivity contribution < 1.29 is 19.4 Å². The van der Waals surface area contributed by atoms with Gasteiger partial charge in [0.05, 0.1) is 12.1 Å². The molecule has 0 saturated carbocycles. The molecule has 0 spiro atoms. The van der Waals surface area contributed by atoms with Gasteiger partial charge in [-0.25, -0.2) is 0 Å². The van der Waals surface area contributed by atoms with Gasteiger partial charge in [0.15, 0.2) is 0 Å². The lowest BCUT2D eigenvalue weighted by Gasteiger charge is -2.41. The van der Waals surface area contributed by atoms with E-state index in [1.165, 1.54) is 11.3 Å². The van der Waals surface area contributed by atoms with E-state index in [2.05, 4.69) is 0 Å². The smallest absolute Gasteiger partial charge is 0.326 e. The van der Waals surface area contributed by atoms with Crippen LogP contribution in [0.15, 0.2) is 17.5 Å². The molecule has 7 heteroatoms. The molecule has 0 bridgehead atoms. The number of hydrogen-bond donors (Lipinski definition) is 2. The van der Waals surface area contributed by atoms with Crippen LogP contribution >= 0.6 is 11.3 Å². The summed E-state index contributed by atoms with van der Waals surface area (Å²) in [6, 6.07) is 2.78. The SMILES string of the molecule is CC(C)(C)OC(=O)[C@@H]1CCCN([C@H](C(=O)O)c2cccs2)[C@@H]1N. The van der Waals surface area contributed by atoms with Crippen molar-refractivity contribution in [3.8, 4) is 0 Å². The molecule has 128 valence electrons. The molecular weight excluding hydrogens is 316 g/mol. The monoisotopic (exact) mass is 340 g/mol. The highest BCUT2D eigenvalue weighted by molar-refractivity contribution is 7.10. The summed E-state index contributed by atoms with van der Waals surface area (Å²) in [5.74, 6) is -1.82. The van der Waals surface area contributed by atoms with Crippen LogP contribution in [0.25, 0.3) is 0 Å². The van der Waals surface area contributed by atoms with Crippen LogP contribution in [0.3, 0.4) is 0 Å². The first-order valence-corrected chi connectivity index (χ1v) is 8.59. The van der Waals surface area contributed by atoms with Crippen molar-refractivity contribution in [2.24, 2.45) is 11.7 Å². The van der Waals surface area contributed by atoms with E-state index in [4.69, 9.17) is 10.5 Å². The van der Waals surface area contributed by atoms with E-state index in [0.717, 1.165) is 4.88 Å². The van der Waals surface area contributed by atoms with Gasteiger partial charge in [-0.2, -0.15) is 0 Å². The molecule has 1 aliphatic heterocycles. The van der Waals surface area contributed by atoms with Crippen LogP contribution in [-0.2, 0) is 14.3 Å². The molecule has 1 aromatic heterocycles. The average molecular weight is 340 g/mol. The van der Waals surface area contributed by atoms with Gasteiger partial charge < -0.3 is 15.6 Å². The van der Waals surface area contributed by atoms with Crippen molar-refractivity contribution in [3.05, 3.63) is 22.4 Å². The highest BCUT2D eigenvalue weighted by Crippen LogP contribution is 2.33. The van der Waals surface area contributed by atoms with Gasteiger partial charge in [0.25, 0.3) is 0 Å². The van der Waals surface area contributed by atoms with Crippen molar-refractivity contribution in [2.45, 2.75) is 51.4 Å². The number of nitrogens with two attached hydrogens (primary N) is 1. The molecule has 3 atom stereocenters. The van der Waals surface area contributed by atoms with Crippen molar-refractivity contribution in [1.29, 1.82) is 0 Å². The normalized spacial score (nSPS) is 24.2. The molecule has 1 fully saturated rings. The Morgan fingerprint density at radius 2 is 2.17 bits per heavy atom. The summed E-state index contributed by atoms with van der Waals surface area (Å²) in [4.78, 5) is 26.5. The third-order valence-electron chi connectivity index (χ3n) is 3.81. The minimum absolute atomic E-state index is 0.356. The molecule has 23 heavy (non-hydrogen) atoms. The quantitative estimate of drug-likeness (QED) is 0.816. The Hall–Kier alpha value is -1.44. The fourth-order valence-corrected chi connectivity index (χ4v) is 3.69. The standard InChI is InChI=1S/C16H24N2O4S/c1-16(2,3)22-15(21)10-6-4-8-18(13(10)17)12(14(19)20)11-7-5-9-23-11/h5,7,9-10,12-13H,4,6,8,17H2,1-3H3,(H,19,20)/t10-,12+,13+/m1/s1. The number of likely N-dealkylation sites (tertiary alicyclic amines) is 1. The number of carboxylic acids is 1. The topological polar surface area (TPSA) is 92.9 Å². The summed E-state index contributed by atoms with van der Waals surface area (Å²) in [6.45, 7) is 5.98. The second kappa shape index (κ2) is 6.98. The second-order valence-electron chi connectivity index (χ2n) is 6.77. The zero-order valence-electron chi connectivity index (χ0n) is 13.7. The van der Waals surface area contributed by atoms with Crippen LogP contribution in [-0.4, -0.2) is 40.3 Å². The Morgan fingerprint density at radius 3 is 2.70 bits per heavy atom. The van der Waals surface area contributed by atoms with E-state index in [-0.39, 0.29) is 5.97 Å². The molecule has 0 aromatic carbocycles. The number of nitrogens with zero attached hydrogens (tertiary/aromatic N) is 1. The van der Waals surface area contributed by atoms with Gasteiger partial charge in [0, 0.05) is 11.4 Å². The van der Waals surface area contributed by atoms with E-state index in [1.54, 1.807) is 11.0 Å². The number of thiophene rings is 1. The van der Waals surface area contributed by atoms with E-state index in [9.17, 15) is 14.7 Å². The minimum Gasteiger partial charge on any atom is -0.480 e. The first kappa shape index (κ1) is 17.9. The maximum absolute atomic E-state index is 12.4. The lowest BCUT2D eigenvalue weighted by Crippen LogP contribution is -2.56. The molecule has 1 aromatic rings. The molecular formula is C16H24N2O4S. The summed E-state index contributed by atoms with van der Waals surface area (Å²) in [6.07, 6.45) is 0.664. The van der Waals surface area contributed by atoms with E-state index in [0.29, 0.717) is 19.4 Å². The highest BCUT2D eigenvalue weighted by Gasteiger charge is 2.41. The first-order chi connectivity index (χ1) is 10.7. The summed E-state index contributed by atoms with van der Waals surface area (Å²) in [7, 11) is 0. The van der Waals surface area contributed by atoms with Gasteiger partial charge in [-0.15, -0.1) is 11.3 Å². The molecule has 1 aliphatic rings. The van der Waals surface area contributed by atoms with E-state index in [1.807, 2.05) is 32.2 Å². The molecule has 0 aliphatic carbocycles. The Bertz CT molecular complexity index is 553. The van der Waals surface area contributed by atoms with Gasteiger partial charge in [-0.1, -0.05) is 6.07 Å². The molecule has 0 amide bonds. The van der Waals surface area contributed by atoms with E-state index >= 15 is 0 Å². The van der Waals surface area contributed by atoms with Gasteiger partial charge in [0.1, 0.15) is 11.6 Å². The first-order valence-electron chi connectivity index (χ1n) is 7.71. The number of esters is 1. The van der Waals surface area contributed by atoms with E-state index < -0.39 is 29.7 Å². The predicted molar refractivity (Wildman–Crippen MR) is 87.9 cm³/mol. The van der Waals surface area contributed by atoms with Gasteiger partial charge in [-0.3, -0.25) is 14.5 Å². The molecule has 2 heterocycles. The van der Waals surface area contributed by atoms with Gasteiger partial charge in [-0.05, 0) is 45.1 Å². The van der Waals surface area contributed by atoms with Crippen molar-refractivity contribution in [2.75, 3.05) is 6.54 Å². The number of carbonyl (C=O) groups is 2. The van der Waals surface area contributed by atoms with Crippen LogP contribution in [0, 0.1) is 5.92 Å². The minimum atomic E-state index is -0.951. The molecule has 3 N–H and O–H groups in total. The Morgan fingerprint density at radius 1 is 1.48 bits per heavy atom. The fourth-order valence-electron chi connectivity index (χ4n) is 2.85. The zero-order valence-corrected chi connectivity index (χ0v) is 14.5. The highest BCUT2D eigenvalue weighted by atomic mass is 32.1. The molecule has 0 unspecified atom stereocenters. The van der Waals surface area contributed by atoms with Crippen LogP contribution in [0.1, 0.15) is 44.5 Å². The number of carboxylic acid groups (broad SMARTS) is 1. The summed E-state index contributed by atoms with van der Waals surface area (Å²) in [5.41, 5.74) is 5.67. The molecule has 2 rings (SSSR count). The number of hydrogen-bond acceptors (Lipinski definition) is 6. The lowest BCUT2D eigenvalue weighted by atomic mass is 9.92. The van der Waals surface area contributed by atoms with Crippen LogP contribution in [0.2, 0.25) is 0 Å². The fraction of sp³-hybridized carbons (Fsp3) is 0.625. The van der Waals surface area contributed by atoms with Crippen molar-refractivity contribution >= 4 is 23.3 Å². The zero-order chi connectivity index (χ0) is 17.2. The van der Waals surface area contributed by atoms with Crippen LogP contribution in [0.5, 0.6) is 0 Å². The Labute approximate surface area is 140 Å². The van der Waals surface area contributed by atoms with Gasteiger partial charge in [0.2, 0.25) is 0 Å². The summed E-state index contributed by atoms with van der Waals surface area (Å²) in [5, 5.41) is 11.5. The number of aliphatic carboxylic acids is 1. The Balaban J connectivity index is 2.19. The maximum Gasteiger partial charge on any atom is 0.326 e. The molecule has 6 nitrogen and oxygen atoms in total. The Kier molecular flexibility index (Phi) is 5.44. The van der Waals surface area contributed by atoms with Crippen LogP contribution in [0.4, 0.5) is 0 Å². The van der Waals surface area contributed by atoms with Crippen LogP contribution < -0.4 is 5.73 Å². The second-order valence-corrected chi connectivity index (χ2v) is 7.75. The predicted octanol–water partition coefficient (Wildman–Crippen LogP) is 2.21. The summed E-state index contributed by atoms with van der Waals surface area (Å²) < 4.78 is 5.44. The lowest BCUT2D eigenvalue weighted by molar-refractivity contribution is -0.167. The number of piperidine rings is 1. The number of rotatable bonds is 4. The molecule has 1 saturated heterocycles. The number of carbonyl (C=O) groups excluding carboxylic acids is 1. The third kappa shape index (κ3) is 4.31. The van der Waals surface area contributed by atoms with Crippen molar-refractivity contribution in [1.82, 2.24) is 4.90 Å². The van der Waals surface area contributed by atoms with Gasteiger partial charge >= 0.3 is 11.9 Å². The summed E-state index contributed by atoms with van der Waals surface area (Å²) >= 11 is 1.38. The third-order valence-corrected chi connectivity index (χ3v) is 4.74. The largest absolute Gasteiger partial charge is 0.480 e. The average Bonchev–Trinajstić information content (AvgIpc) is 2.92. The number of ether oxygens (including phenoxy) is 1.